The topological polar surface area (TPSA) is 72.8 Å². The van der Waals surface area contributed by atoms with Crippen molar-refractivity contribution in [1.29, 1.82) is 5.26 Å². The van der Waals surface area contributed by atoms with Gasteiger partial charge in [0.2, 0.25) is 0 Å². The second kappa shape index (κ2) is 5.00. The average Bonchev–Trinajstić information content (AvgIpc) is 2.23. The molecule has 5 nitrogen and oxygen atoms in total. The molecule has 0 spiro atoms. The first kappa shape index (κ1) is 13.2. The SMILES string of the molecule is CN(CCC(C)(C)C)c1cc(C#N)[nH]c(=O)n1. The highest BCUT2D eigenvalue weighted by Crippen LogP contribution is 2.19. The summed E-state index contributed by atoms with van der Waals surface area (Å²) in [6.45, 7) is 7.27. The summed E-state index contributed by atoms with van der Waals surface area (Å²) in [4.78, 5) is 19.3. The number of hydrogen-bond acceptors (Lipinski definition) is 4. The zero-order valence-electron chi connectivity index (χ0n) is 10.7. The lowest BCUT2D eigenvalue weighted by molar-refractivity contribution is 0.381. The van der Waals surface area contributed by atoms with Crippen LogP contribution in [0.2, 0.25) is 0 Å². The van der Waals surface area contributed by atoms with Gasteiger partial charge in [0.15, 0.2) is 0 Å². The van der Waals surface area contributed by atoms with Crippen LogP contribution >= 0.6 is 0 Å². The highest BCUT2D eigenvalue weighted by atomic mass is 16.1. The van der Waals surface area contributed by atoms with E-state index in [1.165, 1.54) is 0 Å². The van der Waals surface area contributed by atoms with Crippen LogP contribution in [0.25, 0.3) is 0 Å². The van der Waals surface area contributed by atoms with Crippen molar-refractivity contribution in [1.82, 2.24) is 9.97 Å². The van der Waals surface area contributed by atoms with Crippen LogP contribution in [0.15, 0.2) is 10.9 Å². The Hall–Kier alpha value is -1.83. The standard InChI is InChI=1S/C12H18N4O/c1-12(2,3)5-6-16(4)10-7-9(8-13)14-11(17)15-10/h7H,5-6H2,1-4H3,(H,14,15,17). The zero-order chi connectivity index (χ0) is 13.1. The van der Waals surface area contributed by atoms with Crippen molar-refractivity contribution in [2.75, 3.05) is 18.5 Å². The van der Waals surface area contributed by atoms with E-state index in [0.29, 0.717) is 5.82 Å². The number of nitriles is 1. The third kappa shape index (κ3) is 4.27. The lowest BCUT2D eigenvalue weighted by Crippen LogP contribution is -2.26. The molecule has 0 saturated carbocycles. The maximum absolute atomic E-state index is 11.2. The number of aromatic nitrogens is 2. The van der Waals surface area contributed by atoms with Crippen LogP contribution in [0.1, 0.15) is 32.9 Å². The number of hydrogen-bond donors (Lipinski definition) is 1. The predicted molar refractivity (Wildman–Crippen MR) is 66.9 cm³/mol. The Kier molecular flexibility index (Phi) is 3.89. The van der Waals surface area contributed by atoms with Gasteiger partial charge in [-0.15, -0.1) is 0 Å². The summed E-state index contributed by atoms with van der Waals surface area (Å²) in [5.41, 5.74) is -0.0164. The van der Waals surface area contributed by atoms with E-state index < -0.39 is 5.69 Å². The van der Waals surface area contributed by atoms with Gasteiger partial charge in [0.05, 0.1) is 0 Å². The fourth-order valence-electron chi connectivity index (χ4n) is 1.32. The van der Waals surface area contributed by atoms with Gasteiger partial charge in [-0.2, -0.15) is 10.2 Å². The largest absolute Gasteiger partial charge is 0.359 e. The summed E-state index contributed by atoms with van der Waals surface area (Å²) in [5.74, 6) is 0.537. The second-order valence-electron chi connectivity index (χ2n) is 5.30. The highest BCUT2D eigenvalue weighted by molar-refractivity contribution is 5.40. The van der Waals surface area contributed by atoms with Crippen molar-refractivity contribution >= 4 is 5.82 Å². The average molecular weight is 234 g/mol. The maximum atomic E-state index is 11.2. The van der Waals surface area contributed by atoms with Crippen LogP contribution in [0.5, 0.6) is 0 Å². The molecule has 1 aromatic rings. The minimum absolute atomic E-state index is 0.230. The smallest absolute Gasteiger partial charge is 0.347 e. The number of H-pyrrole nitrogens is 1. The molecule has 17 heavy (non-hydrogen) atoms. The molecule has 1 aromatic heterocycles. The Balaban J connectivity index is 2.83. The molecule has 1 heterocycles. The molecule has 0 unspecified atom stereocenters. The van der Waals surface area contributed by atoms with Gasteiger partial charge in [0.1, 0.15) is 17.6 Å². The van der Waals surface area contributed by atoms with E-state index in [9.17, 15) is 4.79 Å². The van der Waals surface area contributed by atoms with Crippen molar-refractivity contribution in [2.45, 2.75) is 27.2 Å². The zero-order valence-corrected chi connectivity index (χ0v) is 10.7. The minimum Gasteiger partial charge on any atom is -0.359 e. The molecule has 0 aliphatic heterocycles. The lowest BCUT2D eigenvalue weighted by atomic mass is 9.92. The fraction of sp³-hybridized carbons (Fsp3) is 0.583. The second-order valence-corrected chi connectivity index (χ2v) is 5.30. The van der Waals surface area contributed by atoms with Crippen molar-refractivity contribution in [3.05, 3.63) is 22.2 Å². The minimum atomic E-state index is -0.485. The van der Waals surface area contributed by atoms with Crippen LogP contribution < -0.4 is 10.6 Å². The maximum Gasteiger partial charge on any atom is 0.347 e. The summed E-state index contributed by atoms with van der Waals surface area (Å²) in [6.07, 6.45) is 0.986. The van der Waals surface area contributed by atoms with Crippen LogP contribution in [0.4, 0.5) is 5.82 Å². The molecule has 0 saturated heterocycles. The van der Waals surface area contributed by atoms with E-state index in [1.807, 2.05) is 18.0 Å². The van der Waals surface area contributed by atoms with Crippen LogP contribution in [0.3, 0.4) is 0 Å². The summed E-state index contributed by atoms with van der Waals surface area (Å²) < 4.78 is 0. The quantitative estimate of drug-likeness (QED) is 0.860. The molecule has 0 fully saturated rings. The number of nitrogens with one attached hydrogen (secondary N) is 1. The fourth-order valence-corrected chi connectivity index (χ4v) is 1.32. The van der Waals surface area contributed by atoms with E-state index >= 15 is 0 Å². The van der Waals surface area contributed by atoms with Crippen LogP contribution in [-0.2, 0) is 0 Å². The Morgan fingerprint density at radius 1 is 1.53 bits per heavy atom. The third-order valence-electron chi connectivity index (χ3n) is 2.44. The van der Waals surface area contributed by atoms with E-state index in [2.05, 4.69) is 30.7 Å². The number of anilines is 1. The molecule has 0 aliphatic carbocycles. The summed E-state index contributed by atoms with van der Waals surface area (Å²) in [5, 5.41) is 8.76. The monoisotopic (exact) mass is 234 g/mol. The number of nitrogens with zero attached hydrogens (tertiary/aromatic N) is 3. The predicted octanol–water partition coefficient (Wildman–Crippen LogP) is 1.51. The van der Waals surface area contributed by atoms with Gasteiger partial charge in [-0.25, -0.2) is 4.79 Å². The molecular weight excluding hydrogens is 216 g/mol. The van der Waals surface area contributed by atoms with E-state index in [-0.39, 0.29) is 11.1 Å². The normalized spacial score (nSPS) is 11.0. The molecule has 0 radical (unpaired) electrons. The summed E-state index contributed by atoms with van der Waals surface area (Å²) >= 11 is 0. The Morgan fingerprint density at radius 3 is 2.71 bits per heavy atom. The lowest BCUT2D eigenvalue weighted by Gasteiger charge is -2.24. The van der Waals surface area contributed by atoms with E-state index in [0.717, 1.165) is 13.0 Å². The molecule has 0 aromatic carbocycles. The first-order valence-corrected chi connectivity index (χ1v) is 5.54. The van der Waals surface area contributed by atoms with Gasteiger partial charge in [0.25, 0.3) is 0 Å². The van der Waals surface area contributed by atoms with Crippen molar-refractivity contribution in [2.24, 2.45) is 5.41 Å². The third-order valence-corrected chi connectivity index (χ3v) is 2.44. The molecule has 1 N–H and O–H groups in total. The van der Waals surface area contributed by atoms with Crippen LogP contribution in [-0.4, -0.2) is 23.6 Å². The summed E-state index contributed by atoms with van der Waals surface area (Å²) in [7, 11) is 1.87. The first-order valence-electron chi connectivity index (χ1n) is 5.54. The van der Waals surface area contributed by atoms with Crippen molar-refractivity contribution < 1.29 is 0 Å². The molecular formula is C12H18N4O. The van der Waals surface area contributed by atoms with E-state index in [4.69, 9.17) is 5.26 Å². The van der Waals surface area contributed by atoms with Crippen LogP contribution in [0, 0.1) is 16.7 Å². The molecule has 0 aliphatic rings. The Labute approximate surface area is 101 Å². The van der Waals surface area contributed by atoms with Gasteiger partial charge in [-0.1, -0.05) is 20.8 Å². The molecule has 0 amide bonds. The molecule has 5 heteroatoms. The molecule has 1 rings (SSSR count). The molecule has 0 bridgehead atoms. The Bertz CT molecular complexity index is 479. The Morgan fingerprint density at radius 2 is 2.18 bits per heavy atom. The van der Waals surface area contributed by atoms with Gasteiger partial charge < -0.3 is 4.90 Å². The van der Waals surface area contributed by atoms with Gasteiger partial charge in [0, 0.05) is 19.7 Å². The van der Waals surface area contributed by atoms with Gasteiger partial charge in [-0.3, -0.25) is 4.98 Å². The molecule has 92 valence electrons. The number of aromatic amines is 1. The number of rotatable bonds is 3. The highest BCUT2D eigenvalue weighted by Gasteiger charge is 2.13. The first-order chi connectivity index (χ1) is 7.81. The summed E-state index contributed by atoms with van der Waals surface area (Å²) in [6, 6.07) is 3.50. The van der Waals surface area contributed by atoms with Crippen molar-refractivity contribution in [3.8, 4) is 6.07 Å². The van der Waals surface area contributed by atoms with E-state index in [1.54, 1.807) is 6.07 Å². The van der Waals surface area contributed by atoms with Gasteiger partial charge in [-0.05, 0) is 11.8 Å². The molecule has 0 atom stereocenters. The van der Waals surface area contributed by atoms with Gasteiger partial charge >= 0.3 is 5.69 Å². The van der Waals surface area contributed by atoms with Crippen molar-refractivity contribution in [3.63, 3.8) is 0 Å².